The Balaban J connectivity index is 1.43. The number of carbonyl (C=O) groups is 1. The van der Waals surface area contributed by atoms with Gasteiger partial charge in [0.1, 0.15) is 0 Å². The van der Waals surface area contributed by atoms with E-state index in [1.54, 1.807) is 0 Å². The quantitative estimate of drug-likeness (QED) is 0.855. The van der Waals surface area contributed by atoms with Crippen LogP contribution in [0, 0.1) is 0 Å². The van der Waals surface area contributed by atoms with Crippen molar-refractivity contribution in [1.29, 1.82) is 0 Å². The van der Waals surface area contributed by atoms with Crippen LogP contribution >= 0.6 is 11.6 Å². The number of nitrogens with one attached hydrogen (secondary N) is 1. The Hall–Kier alpha value is -2.20. The van der Waals surface area contributed by atoms with E-state index in [0.29, 0.717) is 0 Å². The number of benzene rings is 2. The molecule has 1 saturated heterocycles. The number of halogens is 1. The molecule has 0 saturated carbocycles. The first-order valence-electron chi connectivity index (χ1n) is 9.22. The van der Waals surface area contributed by atoms with Gasteiger partial charge in [0.2, 0.25) is 0 Å². The summed E-state index contributed by atoms with van der Waals surface area (Å²) < 4.78 is 0. The molecule has 1 aliphatic rings. The molecule has 0 bridgehead atoms. The monoisotopic (exact) mass is 371 g/mol. The number of piperazine rings is 1. The lowest BCUT2D eigenvalue weighted by Gasteiger charge is -2.36. The maximum absolute atomic E-state index is 12.5. The van der Waals surface area contributed by atoms with Gasteiger partial charge in [0.05, 0.1) is 0 Å². The second-order valence-electron chi connectivity index (χ2n) is 6.83. The maximum atomic E-state index is 12.5. The van der Waals surface area contributed by atoms with E-state index in [9.17, 15) is 4.79 Å². The second kappa shape index (κ2) is 8.95. The topological polar surface area (TPSA) is 35.6 Å². The van der Waals surface area contributed by atoms with Gasteiger partial charge in [-0.3, -0.25) is 0 Å². The first-order valence-corrected chi connectivity index (χ1v) is 9.59. The number of nitrogens with zero attached hydrogens (tertiary/aromatic N) is 2. The third-order valence-electron chi connectivity index (χ3n) is 4.82. The van der Waals surface area contributed by atoms with Crippen molar-refractivity contribution in [3.05, 3.63) is 65.2 Å². The number of aryl methyl sites for hydroxylation is 1. The zero-order chi connectivity index (χ0) is 18.4. The zero-order valence-corrected chi connectivity index (χ0v) is 16.0. The Kier molecular flexibility index (Phi) is 6.40. The number of hydrogen-bond acceptors (Lipinski definition) is 2. The van der Waals surface area contributed by atoms with E-state index in [2.05, 4.69) is 47.5 Å². The molecule has 1 heterocycles. The van der Waals surface area contributed by atoms with Crippen molar-refractivity contribution in [3.63, 3.8) is 0 Å². The summed E-state index contributed by atoms with van der Waals surface area (Å²) >= 11 is 6.07. The smallest absolute Gasteiger partial charge is 0.317 e. The summed E-state index contributed by atoms with van der Waals surface area (Å²) in [5, 5.41) is 3.88. The zero-order valence-electron chi connectivity index (χ0n) is 15.2. The number of amides is 2. The molecule has 0 aromatic heterocycles. The largest absolute Gasteiger partial charge is 0.368 e. The first-order chi connectivity index (χ1) is 12.6. The fourth-order valence-electron chi connectivity index (χ4n) is 3.24. The second-order valence-corrected chi connectivity index (χ2v) is 7.27. The normalized spacial score (nSPS) is 15.6. The summed E-state index contributed by atoms with van der Waals surface area (Å²) in [4.78, 5) is 16.7. The molecule has 4 nitrogen and oxygen atoms in total. The lowest BCUT2D eigenvalue weighted by molar-refractivity contribution is 0.190. The molecule has 3 rings (SSSR count). The molecule has 26 heavy (non-hydrogen) atoms. The van der Waals surface area contributed by atoms with Crippen molar-refractivity contribution in [2.24, 2.45) is 0 Å². The third-order valence-corrected chi connectivity index (χ3v) is 5.05. The van der Waals surface area contributed by atoms with Gasteiger partial charge in [-0.15, -0.1) is 0 Å². The summed E-state index contributed by atoms with van der Waals surface area (Å²) in [5.41, 5.74) is 2.43. The Morgan fingerprint density at radius 1 is 1.08 bits per heavy atom. The molecule has 1 unspecified atom stereocenters. The van der Waals surface area contributed by atoms with Crippen molar-refractivity contribution in [2.75, 3.05) is 31.1 Å². The fraction of sp³-hybridized carbons (Fsp3) is 0.381. The molecule has 5 heteroatoms. The highest BCUT2D eigenvalue weighted by atomic mass is 35.5. The number of rotatable bonds is 5. The van der Waals surface area contributed by atoms with E-state index in [0.717, 1.165) is 49.7 Å². The minimum atomic E-state index is 0.0382. The summed E-state index contributed by atoms with van der Waals surface area (Å²) in [6.07, 6.45) is 1.92. The summed E-state index contributed by atoms with van der Waals surface area (Å²) in [5.74, 6) is 0. The average molecular weight is 372 g/mol. The van der Waals surface area contributed by atoms with Crippen molar-refractivity contribution in [2.45, 2.75) is 25.8 Å². The van der Waals surface area contributed by atoms with Gasteiger partial charge in [0.15, 0.2) is 0 Å². The number of anilines is 1. The highest BCUT2D eigenvalue weighted by Crippen LogP contribution is 2.20. The predicted octanol–water partition coefficient (Wildman–Crippen LogP) is 4.19. The highest BCUT2D eigenvalue weighted by Gasteiger charge is 2.22. The molecule has 2 aromatic carbocycles. The average Bonchev–Trinajstić information content (AvgIpc) is 2.67. The van der Waals surface area contributed by atoms with Gasteiger partial charge in [-0.1, -0.05) is 48.0 Å². The van der Waals surface area contributed by atoms with Crippen LogP contribution in [0.15, 0.2) is 54.6 Å². The predicted molar refractivity (Wildman–Crippen MR) is 108 cm³/mol. The standard InChI is InChI=1S/C21H26ClN3O/c1-17(10-11-18-6-3-2-4-7-18)23-21(26)25-14-12-24(13-15-25)20-9-5-8-19(22)16-20/h2-9,16-17H,10-15H2,1H3,(H,23,26). The molecule has 2 amide bonds. The van der Waals surface area contributed by atoms with Crippen LogP contribution in [0.4, 0.5) is 10.5 Å². The van der Waals surface area contributed by atoms with Crippen LogP contribution in [-0.4, -0.2) is 43.2 Å². The van der Waals surface area contributed by atoms with Crippen LogP contribution < -0.4 is 10.2 Å². The van der Waals surface area contributed by atoms with E-state index < -0.39 is 0 Å². The van der Waals surface area contributed by atoms with Gasteiger partial charge in [0, 0.05) is 42.9 Å². The maximum Gasteiger partial charge on any atom is 0.317 e. The summed E-state index contributed by atoms with van der Waals surface area (Å²) in [6.45, 7) is 5.18. The van der Waals surface area contributed by atoms with Crippen molar-refractivity contribution >= 4 is 23.3 Å². The fourth-order valence-corrected chi connectivity index (χ4v) is 3.43. The number of carbonyl (C=O) groups excluding carboxylic acids is 1. The molecular weight excluding hydrogens is 346 g/mol. The van der Waals surface area contributed by atoms with Gasteiger partial charge in [-0.2, -0.15) is 0 Å². The van der Waals surface area contributed by atoms with Crippen LogP contribution in [0.2, 0.25) is 5.02 Å². The molecule has 1 fully saturated rings. The van der Waals surface area contributed by atoms with Crippen LogP contribution in [0.25, 0.3) is 0 Å². The lowest BCUT2D eigenvalue weighted by Crippen LogP contribution is -2.53. The first kappa shape index (κ1) is 18.6. The molecule has 0 aliphatic carbocycles. The van der Waals surface area contributed by atoms with Crippen molar-refractivity contribution < 1.29 is 4.79 Å². The highest BCUT2D eigenvalue weighted by molar-refractivity contribution is 6.30. The number of urea groups is 1. The van der Waals surface area contributed by atoms with Gasteiger partial charge >= 0.3 is 6.03 Å². The Bertz CT molecular complexity index is 714. The van der Waals surface area contributed by atoms with Crippen LogP contribution in [0.3, 0.4) is 0 Å². The Morgan fingerprint density at radius 2 is 1.81 bits per heavy atom. The molecular formula is C21H26ClN3O. The SMILES string of the molecule is CC(CCc1ccccc1)NC(=O)N1CCN(c2cccc(Cl)c2)CC1. The van der Waals surface area contributed by atoms with E-state index in [1.807, 2.05) is 29.2 Å². The van der Waals surface area contributed by atoms with E-state index in [1.165, 1.54) is 5.56 Å². The molecule has 1 N–H and O–H groups in total. The Labute approximate surface area is 160 Å². The van der Waals surface area contributed by atoms with E-state index >= 15 is 0 Å². The molecule has 2 aromatic rings. The Morgan fingerprint density at radius 3 is 2.50 bits per heavy atom. The van der Waals surface area contributed by atoms with Gasteiger partial charge in [0.25, 0.3) is 0 Å². The van der Waals surface area contributed by atoms with Crippen LogP contribution in [-0.2, 0) is 6.42 Å². The lowest BCUT2D eigenvalue weighted by atomic mass is 10.1. The molecule has 1 atom stereocenters. The molecule has 0 radical (unpaired) electrons. The summed E-state index contributed by atoms with van der Waals surface area (Å²) in [7, 11) is 0. The van der Waals surface area contributed by atoms with Crippen molar-refractivity contribution in [3.8, 4) is 0 Å². The van der Waals surface area contributed by atoms with E-state index in [4.69, 9.17) is 11.6 Å². The molecule has 138 valence electrons. The minimum absolute atomic E-state index is 0.0382. The number of hydrogen-bond donors (Lipinski definition) is 1. The molecule has 1 aliphatic heterocycles. The van der Waals surface area contributed by atoms with Crippen LogP contribution in [0.1, 0.15) is 18.9 Å². The van der Waals surface area contributed by atoms with Crippen molar-refractivity contribution in [1.82, 2.24) is 10.2 Å². The van der Waals surface area contributed by atoms with Gasteiger partial charge < -0.3 is 15.1 Å². The summed E-state index contributed by atoms with van der Waals surface area (Å²) in [6, 6.07) is 18.5. The van der Waals surface area contributed by atoms with Gasteiger partial charge in [-0.05, 0) is 43.5 Å². The third kappa shape index (κ3) is 5.15. The minimum Gasteiger partial charge on any atom is -0.368 e. The van der Waals surface area contributed by atoms with Crippen LogP contribution in [0.5, 0.6) is 0 Å². The van der Waals surface area contributed by atoms with E-state index in [-0.39, 0.29) is 12.1 Å². The molecule has 0 spiro atoms. The van der Waals surface area contributed by atoms with Gasteiger partial charge in [-0.25, -0.2) is 4.79 Å².